The first-order valence-electron chi connectivity index (χ1n) is 13.7. The van der Waals surface area contributed by atoms with Crippen LogP contribution in [0.5, 0.6) is 5.75 Å². The number of likely N-dealkylation sites (tertiary alicyclic amines) is 1. The lowest BCUT2D eigenvalue weighted by Crippen LogP contribution is -2.51. The number of piperazine rings is 1. The van der Waals surface area contributed by atoms with Crippen LogP contribution in [0.2, 0.25) is 0 Å². The Labute approximate surface area is 210 Å². The van der Waals surface area contributed by atoms with Gasteiger partial charge in [-0.3, -0.25) is 9.48 Å². The zero-order valence-electron chi connectivity index (χ0n) is 21.3. The van der Waals surface area contributed by atoms with Crippen LogP contribution in [0.15, 0.2) is 36.7 Å². The molecule has 1 aromatic carbocycles. The highest BCUT2D eigenvalue weighted by Crippen LogP contribution is 2.31. The Balaban J connectivity index is 1.08. The van der Waals surface area contributed by atoms with Crippen molar-refractivity contribution in [2.75, 3.05) is 50.8 Å². The molecule has 0 spiro atoms. The van der Waals surface area contributed by atoms with E-state index >= 15 is 0 Å². The predicted octanol–water partition coefficient (Wildman–Crippen LogP) is 4.02. The van der Waals surface area contributed by atoms with Crippen molar-refractivity contribution in [3.05, 3.63) is 42.2 Å². The summed E-state index contributed by atoms with van der Waals surface area (Å²) in [6, 6.07) is 8.92. The number of benzene rings is 1. The van der Waals surface area contributed by atoms with Gasteiger partial charge in [0.25, 0.3) is 0 Å². The first-order chi connectivity index (χ1) is 17.2. The Morgan fingerprint density at radius 2 is 1.77 bits per heavy atom. The molecule has 0 N–H and O–H groups in total. The highest BCUT2D eigenvalue weighted by molar-refractivity contribution is 5.79. The van der Waals surface area contributed by atoms with Crippen LogP contribution < -0.4 is 9.64 Å². The van der Waals surface area contributed by atoms with E-state index in [1.54, 1.807) is 0 Å². The highest BCUT2D eigenvalue weighted by Gasteiger charge is 2.33. The van der Waals surface area contributed by atoms with E-state index in [0.717, 1.165) is 63.0 Å². The molecule has 1 aromatic heterocycles. The Kier molecular flexibility index (Phi) is 7.92. The molecule has 3 heterocycles. The van der Waals surface area contributed by atoms with Crippen LogP contribution in [0.1, 0.15) is 57.4 Å². The highest BCUT2D eigenvalue weighted by atomic mass is 16.5. The molecule has 0 radical (unpaired) electrons. The van der Waals surface area contributed by atoms with E-state index in [1.165, 1.54) is 50.8 Å². The molecular weight excluding hydrogens is 438 g/mol. The molecule has 7 heteroatoms. The van der Waals surface area contributed by atoms with Crippen LogP contribution in [0.25, 0.3) is 0 Å². The van der Waals surface area contributed by atoms with Gasteiger partial charge >= 0.3 is 0 Å². The molecule has 7 nitrogen and oxygen atoms in total. The molecule has 0 unspecified atom stereocenters. The van der Waals surface area contributed by atoms with E-state index in [1.807, 2.05) is 29.9 Å². The zero-order valence-corrected chi connectivity index (χ0v) is 21.3. The fourth-order valence-corrected chi connectivity index (χ4v) is 6.10. The largest absolute Gasteiger partial charge is 0.494 e. The van der Waals surface area contributed by atoms with Gasteiger partial charge in [0.1, 0.15) is 5.75 Å². The van der Waals surface area contributed by atoms with Gasteiger partial charge in [0.05, 0.1) is 25.0 Å². The van der Waals surface area contributed by atoms with Gasteiger partial charge in [0, 0.05) is 44.3 Å². The van der Waals surface area contributed by atoms with Crippen molar-refractivity contribution in [1.82, 2.24) is 19.6 Å². The number of carbonyl (C=O) groups is 1. The maximum atomic E-state index is 13.2. The van der Waals surface area contributed by atoms with Crippen LogP contribution in [-0.2, 0) is 11.3 Å². The normalized spacial score (nSPS) is 23.9. The summed E-state index contributed by atoms with van der Waals surface area (Å²) in [5, 5.41) is 4.59. The summed E-state index contributed by atoms with van der Waals surface area (Å²) in [4.78, 5) is 20.4. The van der Waals surface area contributed by atoms with Gasteiger partial charge in [0.15, 0.2) is 0 Å². The fraction of sp³-hybridized carbons (Fsp3) is 0.643. The third-order valence-corrected chi connectivity index (χ3v) is 8.08. The number of ether oxygens (including phenoxy) is 1. The summed E-state index contributed by atoms with van der Waals surface area (Å²) in [5.41, 5.74) is 2.32. The van der Waals surface area contributed by atoms with Gasteiger partial charge in [-0.1, -0.05) is 18.6 Å². The number of carbonyl (C=O) groups excluding carboxylic acids is 1. The van der Waals surface area contributed by atoms with E-state index in [4.69, 9.17) is 4.74 Å². The van der Waals surface area contributed by atoms with E-state index in [-0.39, 0.29) is 5.92 Å². The zero-order chi connectivity index (χ0) is 24.0. The second-order valence-corrected chi connectivity index (χ2v) is 10.4. The second-order valence-electron chi connectivity index (χ2n) is 10.4. The monoisotopic (exact) mass is 479 g/mol. The molecular formula is C28H41N5O2. The summed E-state index contributed by atoms with van der Waals surface area (Å²) >= 11 is 0. The quantitative estimate of drug-likeness (QED) is 0.600. The van der Waals surface area contributed by atoms with Crippen molar-refractivity contribution < 1.29 is 9.53 Å². The maximum Gasteiger partial charge on any atom is 0.225 e. The van der Waals surface area contributed by atoms with E-state index in [9.17, 15) is 4.79 Å². The molecule has 3 fully saturated rings. The van der Waals surface area contributed by atoms with Crippen LogP contribution in [0.4, 0.5) is 5.69 Å². The topological polar surface area (TPSA) is 53.8 Å². The minimum Gasteiger partial charge on any atom is -0.494 e. The molecule has 3 aliphatic rings. The molecule has 1 saturated carbocycles. The Bertz CT molecular complexity index is 954. The minimum absolute atomic E-state index is 0.234. The number of hydrogen-bond acceptors (Lipinski definition) is 5. The lowest BCUT2D eigenvalue weighted by atomic mass is 9.83. The molecule has 0 atom stereocenters. The summed E-state index contributed by atoms with van der Waals surface area (Å²) in [7, 11) is 0. The lowest BCUT2D eigenvalue weighted by Gasteiger charge is -2.41. The second kappa shape index (κ2) is 11.5. The van der Waals surface area contributed by atoms with Gasteiger partial charge < -0.3 is 19.4 Å². The minimum atomic E-state index is 0.234. The first-order valence-corrected chi connectivity index (χ1v) is 13.7. The summed E-state index contributed by atoms with van der Waals surface area (Å²) in [6.07, 6.45) is 12.7. The number of rotatable bonds is 7. The van der Waals surface area contributed by atoms with Gasteiger partial charge in [-0.15, -0.1) is 0 Å². The van der Waals surface area contributed by atoms with E-state index < -0.39 is 0 Å². The van der Waals surface area contributed by atoms with E-state index in [2.05, 4.69) is 38.1 Å². The van der Waals surface area contributed by atoms with Crippen LogP contribution in [0.3, 0.4) is 0 Å². The Morgan fingerprint density at radius 3 is 2.51 bits per heavy atom. The third-order valence-electron chi connectivity index (χ3n) is 8.08. The fourth-order valence-electron chi connectivity index (χ4n) is 6.10. The molecule has 2 aliphatic heterocycles. The summed E-state index contributed by atoms with van der Waals surface area (Å²) < 4.78 is 7.60. The predicted molar refractivity (Wildman–Crippen MR) is 139 cm³/mol. The Morgan fingerprint density at radius 1 is 1.00 bits per heavy atom. The van der Waals surface area contributed by atoms with Crippen molar-refractivity contribution >= 4 is 11.6 Å². The molecule has 1 amide bonds. The number of aromatic nitrogens is 2. The smallest absolute Gasteiger partial charge is 0.225 e. The van der Waals surface area contributed by atoms with Crippen LogP contribution in [0, 0.1) is 5.92 Å². The lowest BCUT2D eigenvalue weighted by molar-refractivity contribution is -0.137. The van der Waals surface area contributed by atoms with Gasteiger partial charge in [-0.2, -0.15) is 5.10 Å². The molecule has 35 heavy (non-hydrogen) atoms. The standard InChI is InChI=1S/C28H41N5O2/c1-2-35-27-8-6-7-23(19-27)21-33-22-26(20-29-33)31-15-17-32(18-16-31)28(34)24-9-11-25(12-10-24)30-13-4-3-5-14-30/h6-8,19-20,22,24-25H,2-5,9-18,21H2,1H3. The third kappa shape index (κ3) is 6.00. The number of hydrogen-bond donors (Lipinski definition) is 0. The average molecular weight is 480 g/mol. The average Bonchev–Trinajstić information content (AvgIpc) is 3.38. The number of anilines is 1. The van der Waals surface area contributed by atoms with Gasteiger partial charge in [0.2, 0.25) is 5.91 Å². The maximum absolute atomic E-state index is 13.2. The van der Waals surface area contributed by atoms with Crippen molar-refractivity contribution in [2.24, 2.45) is 5.92 Å². The van der Waals surface area contributed by atoms with Crippen LogP contribution >= 0.6 is 0 Å². The Hall–Kier alpha value is -2.54. The van der Waals surface area contributed by atoms with Crippen molar-refractivity contribution in [3.63, 3.8) is 0 Å². The number of amides is 1. The van der Waals surface area contributed by atoms with Crippen molar-refractivity contribution in [1.29, 1.82) is 0 Å². The van der Waals surface area contributed by atoms with Gasteiger partial charge in [-0.25, -0.2) is 0 Å². The van der Waals surface area contributed by atoms with Gasteiger partial charge in [-0.05, 0) is 76.2 Å². The molecule has 190 valence electrons. The molecule has 2 saturated heterocycles. The first kappa shape index (κ1) is 24.2. The molecule has 5 rings (SSSR count). The molecule has 2 aromatic rings. The number of nitrogens with zero attached hydrogens (tertiary/aromatic N) is 5. The van der Waals surface area contributed by atoms with Crippen LogP contribution in [-0.4, -0.2) is 77.4 Å². The van der Waals surface area contributed by atoms with Crippen molar-refractivity contribution in [2.45, 2.75) is 64.5 Å². The van der Waals surface area contributed by atoms with Crippen molar-refractivity contribution in [3.8, 4) is 5.75 Å². The molecule has 1 aliphatic carbocycles. The molecule has 0 bridgehead atoms. The van der Waals surface area contributed by atoms with E-state index in [0.29, 0.717) is 12.5 Å². The SMILES string of the molecule is CCOc1cccc(Cn2cc(N3CCN(C(=O)C4CCC(N5CCCCC5)CC4)CC3)cn2)c1. The summed E-state index contributed by atoms with van der Waals surface area (Å²) in [5.74, 6) is 1.53. The number of piperidine rings is 1. The summed E-state index contributed by atoms with van der Waals surface area (Å²) in [6.45, 7) is 9.30.